The fourth-order valence-electron chi connectivity index (χ4n) is 3.04. The standard InChI is InChI=1S/C23H29N5O3S/c1-4-5-6-13-24-15(2)21(29)25-16-7-9-17(10-8-16)32-18-11-12-19-20(14-18)27-22(26-19)28-23(30)31-3/h7-12,14-15,24H,4-6,13H2,1-3H3,(H,25,29)(H2,26,27,28,30). The largest absolute Gasteiger partial charge is 0.453 e. The summed E-state index contributed by atoms with van der Waals surface area (Å²) in [4.78, 5) is 33.1. The van der Waals surface area contributed by atoms with Gasteiger partial charge >= 0.3 is 6.09 Å². The molecule has 170 valence electrons. The molecule has 0 aliphatic rings. The van der Waals surface area contributed by atoms with E-state index >= 15 is 0 Å². The summed E-state index contributed by atoms with van der Waals surface area (Å²) in [7, 11) is 1.30. The molecule has 9 heteroatoms. The van der Waals surface area contributed by atoms with Gasteiger partial charge in [0, 0.05) is 15.5 Å². The van der Waals surface area contributed by atoms with Crippen LogP contribution in [0.4, 0.5) is 16.4 Å². The van der Waals surface area contributed by atoms with E-state index in [0.29, 0.717) is 5.95 Å². The van der Waals surface area contributed by atoms with Crippen LogP contribution in [0.15, 0.2) is 52.3 Å². The Hall–Kier alpha value is -3.04. The van der Waals surface area contributed by atoms with Crippen molar-refractivity contribution in [2.45, 2.75) is 48.9 Å². The van der Waals surface area contributed by atoms with E-state index in [0.717, 1.165) is 45.9 Å². The molecule has 4 N–H and O–H groups in total. The molecule has 3 aromatic rings. The van der Waals surface area contributed by atoms with E-state index in [-0.39, 0.29) is 11.9 Å². The van der Waals surface area contributed by atoms with Crippen molar-refractivity contribution in [2.75, 3.05) is 24.3 Å². The number of aromatic amines is 1. The van der Waals surface area contributed by atoms with Crippen LogP contribution in [0.3, 0.4) is 0 Å². The maximum atomic E-state index is 12.3. The number of imidazole rings is 1. The van der Waals surface area contributed by atoms with Crippen LogP contribution in [-0.4, -0.2) is 41.7 Å². The summed E-state index contributed by atoms with van der Waals surface area (Å²) in [6.07, 6.45) is 2.83. The molecule has 1 aromatic heterocycles. The third-order valence-electron chi connectivity index (χ3n) is 4.84. The van der Waals surface area contributed by atoms with Crippen LogP contribution >= 0.6 is 11.8 Å². The third kappa shape index (κ3) is 6.73. The van der Waals surface area contributed by atoms with E-state index in [9.17, 15) is 9.59 Å². The Labute approximate surface area is 191 Å². The van der Waals surface area contributed by atoms with E-state index in [2.05, 4.69) is 37.6 Å². The highest BCUT2D eigenvalue weighted by Crippen LogP contribution is 2.30. The zero-order valence-corrected chi connectivity index (χ0v) is 19.3. The SMILES string of the molecule is CCCCCNC(C)C(=O)Nc1ccc(Sc2ccc3nc(NC(=O)OC)[nH]c3c2)cc1. The predicted octanol–water partition coefficient (Wildman–Crippen LogP) is 5.00. The number of fused-ring (bicyclic) bond motifs is 1. The smallest absolute Gasteiger partial charge is 0.413 e. The Balaban J connectivity index is 1.56. The third-order valence-corrected chi connectivity index (χ3v) is 5.84. The number of benzene rings is 2. The molecule has 0 aliphatic heterocycles. The normalized spacial score (nSPS) is 11.8. The molecule has 0 saturated heterocycles. The molecule has 1 unspecified atom stereocenters. The Morgan fingerprint density at radius 2 is 1.84 bits per heavy atom. The van der Waals surface area contributed by atoms with Crippen LogP contribution in [0.5, 0.6) is 0 Å². The first-order valence-electron chi connectivity index (χ1n) is 10.7. The van der Waals surface area contributed by atoms with Gasteiger partial charge in [-0.05, 0) is 62.4 Å². The number of H-pyrrole nitrogens is 1. The number of carbonyl (C=O) groups is 2. The Bertz CT molecular complexity index is 1050. The molecule has 0 aliphatic carbocycles. The lowest BCUT2D eigenvalue weighted by atomic mass is 10.2. The van der Waals surface area contributed by atoms with Crippen molar-refractivity contribution in [2.24, 2.45) is 0 Å². The second-order valence-electron chi connectivity index (χ2n) is 7.38. The Morgan fingerprint density at radius 3 is 2.56 bits per heavy atom. The minimum atomic E-state index is -0.576. The van der Waals surface area contributed by atoms with Crippen molar-refractivity contribution < 1.29 is 14.3 Å². The molecule has 0 spiro atoms. The number of amides is 2. The van der Waals surface area contributed by atoms with Crippen molar-refractivity contribution >= 4 is 46.4 Å². The maximum absolute atomic E-state index is 12.3. The van der Waals surface area contributed by atoms with Crippen LogP contribution in [0.1, 0.15) is 33.1 Å². The minimum absolute atomic E-state index is 0.0389. The summed E-state index contributed by atoms with van der Waals surface area (Å²) in [5, 5.41) is 8.73. The van der Waals surface area contributed by atoms with Crippen LogP contribution in [0.25, 0.3) is 11.0 Å². The van der Waals surface area contributed by atoms with Crippen LogP contribution in [0, 0.1) is 0 Å². The molecule has 3 rings (SSSR count). The van der Waals surface area contributed by atoms with Gasteiger partial charge in [0.25, 0.3) is 0 Å². The quantitative estimate of drug-likeness (QED) is 0.321. The van der Waals surface area contributed by atoms with Gasteiger partial charge in [-0.3, -0.25) is 10.1 Å². The van der Waals surface area contributed by atoms with Crippen molar-refractivity contribution in [3.8, 4) is 0 Å². The topological polar surface area (TPSA) is 108 Å². The number of aromatic nitrogens is 2. The molecule has 0 bridgehead atoms. The number of methoxy groups -OCH3 is 1. The number of anilines is 2. The van der Waals surface area contributed by atoms with Crippen LogP contribution in [0.2, 0.25) is 0 Å². The first-order chi connectivity index (χ1) is 15.5. The highest BCUT2D eigenvalue weighted by molar-refractivity contribution is 7.99. The van der Waals surface area contributed by atoms with E-state index < -0.39 is 6.09 Å². The monoisotopic (exact) mass is 455 g/mol. The molecule has 2 aromatic carbocycles. The molecule has 0 saturated carbocycles. The maximum Gasteiger partial charge on any atom is 0.413 e. The lowest BCUT2D eigenvalue weighted by Crippen LogP contribution is -2.38. The summed E-state index contributed by atoms with van der Waals surface area (Å²) in [6, 6.07) is 13.3. The lowest BCUT2D eigenvalue weighted by Gasteiger charge is -2.14. The minimum Gasteiger partial charge on any atom is -0.453 e. The van der Waals surface area contributed by atoms with Gasteiger partial charge in [-0.2, -0.15) is 0 Å². The summed E-state index contributed by atoms with van der Waals surface area (Å²) >= 11 is 1.59. The first-order valence-corrected chi connectivity index (χ1v) is 11.5. The summed E-state index contributed by atoms with van der Waals surface area (Å²) in [5.74, 6) is 0.297. The highest BCUT2D eigenvalue weighted by Gasteiger charge is 2.12. The van der Waals surface area contributed by atoms with Gasteiger partial charge in [0.05, 0.1) is 24.2 Å². The summed E-state index contributed by atoms with van der Waals surface area (Å²) in [5.41, 5.74) is 2.33. The summed E-state index contributed by atoms with van der Waals surface area (Å²) < 4.78 is 4.58. The zero-order valence-electron chi connectivity index (χ0n) is 18.5. The number of hydrogen-bond donors (Lipinski definition) is 4. The predicted molar refractivity (Wildman–Crippen MR) is 128 cm³/mol. The van der Waals surface area contributed by atoms with Crippen molar-refractivity contribution in [3.05, 3.63) is 42.5 Å². The first kappa shape index (κ1) is 23.6. The molecule has 1 heterocycles. The molecule has 32 heavy (non-hydrogen) atoms. The fourth-order valence-corrected chi connectivity index (χ4v) is 3.90. The van der Waals surface area contributed by atoms with Crippen LogP contribution < -0.4 is 16.0 Å². The van der Waals surface area contributed by atoms with E-state index in [4.69, 9.17) is 0 Å². The van der Waals surface area contributed by atoms with Gasteiger partial charge in [-0.1, -0.05) is 31.5 Å². The average Bonchev–Trinajstić information content (AvgIpc) is 3.19. The highest BCUT2D eigenvalue weighted by atomic mass is 32.2. The molecule has 0 radical (unpaired) electrons. The molecule has 8 nitrogen and oxygen atoms in total. The number of rotatable bonds is 10. The lowest BCUT2D eigenvalue weighted by molar-refractivity contribution is -0.117. The number of nitrogens with one attached hydrogen (secondary N) is 4. The van der Waals surface area contributed by atoms with E-state index in [1.165, 1.54) is 13.5 Å². The van der Waals surface area contributed by atoms with Gasteiger partial charge < -0.3 is 20.4 Å². The molecule has 2 amide bonds. The average molecular weight is 456 g/mol. The second kappa shape index (κ2) is 11.5. The number of nitrogens with zero attached hydrogens (tertiary/aromatic N) is 1. The van der Waals surface area contributed by atoms with Crippen molar-refractivity contribution in [3.63, 3.8) is 0 Å². The zero-order chi connectivity index (χ0) is 22.9. The van der Waals surface area contributed by atoms with Gasteiger partial charge in [0.15, 0.2) is 0 Å². The Kier molecular flexibility index (Phi) is 8.52. The molecular formula is C23H29N5O3S. The number of ether oxygens (including phenoxy) is 1. The van der Waals surface area contributed by atoms with Crippen molar-refractivity contribution in [1.82, 2.24) is 15.3 Å². The van der Waals surface area contributed by atoms with Gasteiger partial charge in [0.1, 0.15) is 0 Å². The van der Waals surface area contributed by atoms with Gasteiger partial charge in [-0.15, -0.1) is 0 Å². The number of hydrogen-bond acceptors (Lipinski definition) is 6. The van der Waals surface area contributed by atoms with Crippen LogP contribution in [-0.2, 0) is 9.53 Å². The molecular weight excluding hydrogens is 426 g/mol. The fraction of sp³-hybridized carbons (Fsp3) is 0.348. The molecule has 1 atom stereocenters. The van der Waals surface area contributed by atoms with E-state index in [1.54, 1.807) is 11.8 Å². The summed E-state index contributed by atoms with van der Waals surface area (Å²) in [6.45, 7) is 4.89. The Morgan fingerprint density at radius 1 is 1.09 bits per heavy atom. The van der Waals surface area contributed by atoms with Gasteiger partial charge in [-0.25, -0.2) is 9.78 Å². The van der Waals surface area contributed by atoms with E-state index in [1.807, 2.05) is 49.4 Å². The second-order valence-corrected chi connectivity index (χ2v) is 8.53. The number of unbranched alkanes of at least 4 members (excludes halogenated alkanes) is 2. The number of carbonyl (C=O) groups excluding carboxylic acids is 2. The molecule has 0 fully saturated rings. The van der Waals surface area contributed by atoms with Gasteiger partial charge in [0.2, 0.25) is 11.9 Å². The van der Waals surface area contributed by atoms with Crippen molar-refractivity contribution in [1.29, 1.82) is 0 Å².